The summed E-state index contributed by atoms with van der Waals surface area (Å²) in [5.41, 5.74) is 2.74. The van der Waals surface area contributed by atoms with E-state index in [9.17, 15) is 13.2 Å². The Morgan fingerprint density at radius 1 is 1.15 bits per heavy atom. The number of benzene rings is 1. The molecular formula is C19H24N2O4S. The zero-order valence-corrected chi connectivity index (χ0v) is 16.3. The van der Waals surface area contributed by atoms with E-state index in [-0.39, 0.29) is 17.1 Å². The van der Waals surface area contributed by atoms with Gasteiger partial charge >= 0.3 is 5.97 Å². The van der Waals surface area contributed by atoms with Crippen LogP contribution in [-0.4, -0.2) is 44.4 Å². The van der Waals surface area contributed by atoms with Gasteiger partial charge < -0.3 is 4.74 Å². The number of rotatable bonds is 7. The van der Waals surface area contributed by atoms with Gasteiger partial charge in [0.25, 0.3) is 0 Å². The van der Waals surface area contributed by atoms with Gasteiger partial charge in [0.15, 0.2) is 0 Å². The second-order valence-corrected chi connectivity index (χ2v) is 8.42. The van der Waals surface area contributed by atoms with E-state index in [2.05, 4.69) is 4.98 Å². The maximum atomic E-state index is 12.5. The molecule has 0 N–H and O–H groups in total. The van der Waals surface area contributed by atoms with Crippen LogP contribution in [-0.2, 0) is 21.2 Å². The Labute approximate surface area is 154 Å². The van der Waals surface area contributed by atoms with Gasteiger partial charge in [-0.05, 0) is 67.6 Å². The first-order chi connectivity index (χ1) is 12.2. The highest BCUT2D eigenvalue weighted by atomic mass is 32.2. The minimum Gasteiger partial charge on any atom is -0.462 e. The summed E-state index contributed by atoms with van der Waals surface area (Å²) < 4.78 is 31.4. The molecule has 0 aliphatic heterocycles. The fraction of sp³-hybridized carbons (Fsp3) is 0.368. The Kier molecular flexibility index (Phi) is 6.50. The summed E-state index contributed by atoms with van der Waals surface area (Å²) in [6.07, 6.45) is 4.92. The number of ether oxygens (including phenoxy) is 1. The molecule has 7 heteroatoms. The van der Waals surface area contributed by atoms with Crippen molar-refractivity contribution in [3.8, 4) is 0 Å². The van der Waals surface area contributed by atoms with Crippen molar-refractivity contribution in [2.75, 3.05) is 20.7 Å². The fourth-order valence-electron chi connectivity index (χ4n) is 2.48. The highest BCUT2D eigenvalue weighted by molar-refractivity contribution is 7.89. The number of hydrogen-bond acceptors (Lipinski definition) is 5. The number of aromatic nitrogens is 1. The van der Waals surface area contributed by atoms with Crippen molar-refractivity contribution >= 4 is 16.0 Å². The highest BCUT2D eigenvalue weighted by Gasteiger charge is 2.23. The molecule has 0 radical (unpaired) electrons. The normalized spacial score (nSPS) is 11.6. The van der Waals surface area contributed by atoms with Crippen molar-refractivity contribution in [2.45, 2.75) is 31.6 Å². The molecule has 1 heterocycles. The van der Waals surface area contributed by atoms with E-state index in [1.54, 1.807) is 32.3 Å². The fourth-order valence-corrected chi connectivity index (χ4v) is 3.70. The smallest absolute Gasteiger partial charge is 0.338 e. The average Bonchev–Trinajstić information content (AvgIpc) is 2.61. The Morgan fingerprint density at radius 2 is 1.81 bits per heavy atom. The Hall–Kier alpha value is -2.25. The lowest BCUT2D eigenvalue weighted by molar-refractivity contribution is 0.0500. The third kappa shape index (κ3) is 4.68. The second kappa shape index (κ2) is 8.42. The van der Waals surface area contributed by atoms with Crippen molar-refractivity contribution in [3.63, 3.8) is 0 Å². The van der Waals surface area contributed by atoms with Gasteiger partial charge in [-0.25, -0.2) is 17.5 Å². The van der Waals surface area contributed by atoms with Gasteiger partial charge in [0, 0.05) is 26.5 Å². The first kappa shape index (κ1) is 20.1. The minimum absolute atomic E-state index is 0.131. The summed E-state index contributed by atoms with van der Waals surface area (Å²) in [7, 11) is -0.695. The molecule has 1 aromatic carbocycles. The summed E-state index contributed by atoms with van der Waals surface area (Å²) in [5, 5.41) is 0. The molecule has 0 spiro atoms. The molecule has 0 bridgehead atoms. The lowest BCUT2D eigenvalue weighted by atomic mass is 10.1. The van der Waals surface area contributed by atoms with E-state index in [4.69, 9.17) is 4.74 Å². The van der Waals surface area contributed by atoms with Gasteiger partial charge in [0.2, 0.25) is 10.0 Å². The third-order valence-electron chi connectivity index (χ3n) is 4.21. The van der Waals surface area contributed by atoms with Crippen molar-refractivity contribution in [1.29, 1.82) is 0 Å². The molecule has 0 amide bonds. The molecule has 0 aliphatic carbocycles. The maximum absolute atomic E-state index is 12.5. The zero-order valence-electron chi connectivity index (χ0n) is 15.5. The van der Waals surface area contributed by atoms with Gasteiger partial charge in [-0.2, -0.15) is 0 Å². The molecule has 26 heavy (non-hydrogen) atoms. The number of esters is 1. The topological polar surface area (TPSA) is 76.6 Å². The lowest BCUT2D eigenvalue weighted by Crippen LogP contribution is -2.24. The summed E-state index contributed by atoms with van der Waals surface area (Å²) >= 11 is 0. The molecule has 6 nitrogen and oxygen atoms in total. The SMILES string of the molecule is Cc1cc(C(=O)OCCCc2ccncc2)cc(S(=O)(=O)N(C)C)c1C. The van der Waals surface area contributed by atoms with E-state index in [0.29, 0.717) is 12.0 Å². The first-order valence-electron chi connectivity index (χ1n) is 8.33. The molecule has 2 rings (SSSR count). The zero-order chi connectivity index (χ0) is 19.3. The standard InChI is InChI=1S/C19H24N2O4S/c1-14-12-17(13-18(15(14)2)26(23,24)21(3)4)19(22)25-11-5-6-16-7-9-20-10-8-16/h7-10,12-13H,5-6,11H2,1-4H3. The minimum atomic E-state index is -3.63. The third-order valence-corrected chi connectivity index (χ3v) is 6.15. The summed E-state index contributed by atoms with van der Waals surface area (Å²) in [4.78, 5) is 16.4. The van der Waals surface area contributed by atoms with E-state index in [0.717, 1.165) is 21.9 Å². The molecule has 0 saturated heterocycles. The van der Waals surface area contributed by atoms with Crippen LogP contribution in [0.15, 0.2) is 41.6 Å². The molecule has 1 aromatic heterocycles. The van der Waals surface area contributed by atoms with Crippen LogP contribution in [0.3, 0.4) is 0 Å². The first-order valence-corrected chi connectivity index (χ1v) is 9.77. The summed E-state index contributed by atoms with van der Waals surface area (Å²) in [6.45, 7) is 3.78. The van der Waals surface area contributed by atoms with Crippen molar-refractivity contribution < 1.29 is 17.9 Å². The largest absolute Gasteiger partial charge is 0.462 e. The molecule has 0 fully saturated rings. The van der Waals surface area contributed by atoms with E-state index < -0.39 is 16.0 Å². The van der Waals surface area contributed by atoms with Crippen LogP contribution in [0.2, 0.25) is 0 Å². The van der Waals surface area contributed by atoms with Crippen LogP contribution in [0, 0.1) is 13.8 Å². The second-order valence-electron chi connectivity index (χ2n) is 6.30. The van der Waals surface area contributed by atoms with Crippen LogP contribution in [0.5, 0.6) is 0 Å². The van der Waals surface area contributed by atoms with Crippen LogP contribution >= 0.6 is 0 Å². The van der Waals surface area contributed by atoms with E-state index in [1.165, 1.54) is 20.2 Å². The monoisotopic (exact) mass is 376 g/mol. The van der Waals surface area contributed by atoms with Gasteiger partial charge in [-0.3, -0.25) is 4.98 Å². The number of nitrogens with zero attached hydrogens (tertiary/aromatic N) is 2. The predicted molar refractivity (Wildman–Crippen MR) is 99.6 cm³/mol. The molecular weight excluding hydrogens is 352 g/mol. The summed E-state index contributed by atoms with van der Waals surface area (Å²) in [6, 6.07) is 6.89. The number of carbonyl (C=O) groups excluding carboxylic acids is 1. The quantitative estimate of drug-likeness (QED) is 0.549. The Morgan fingerprint density at radius 3 is 2.42 bits per heavy atom. The van der Waals surface area contributed by atoms with E-state index >= 15 is 0 Å². The van der Waals surface area contributed by atoms with Crippen LogP contribution < -0.4 is 0 Å². The predicted octanol–water partition coefficient (Wildman–Crippen LogP) is 2.74. The Balaban J connectivity index is 2.08. The van der Waals surface area contributed by atoms with Crippen LogP contribution in [0.1, 0.15) is 33.5 Å². The number of sulfonamides is 1. The molecule has 2 aromatic rings. The highest BCUT2D eigenvalue weighted by Crippen LogP contribution is 2.23. The molecule has 0 unspecified atom stereocenters. The molecule has 0 aliphatic rings. The Bertz CT molecular complexity index is 878. The maximum Gasteiger partial charge on any atom is 0.338 e. The van der Waals surface area contributed by atoms with E-state index in [1.807, 2.05) is 12.1 Å². The number of pyridine rings is 1. The lowest BCUT2D eigenvalue weighted by Gasteiger charge is -2.16. The molecule has 0 atom stereocenters. The number of hydrogen-bond donors (Lipinski definition) is 0. The molecule has 0 saturated carbocycles. The van der Waals surface area contributed by atoms with Crippen LogP contribution in [0.25, 0.3) is 0 Å². The van der Waals surface area contributed by atoms with Gasteiger partial charge in [-0.15, -0.1) is 0 Å². The summed E-state index contributed by atoms with van der Waals surface area (Å²) in [5.74, 6) is -0.516. The van der Waals surface area contributed by atoms with Crippen molar-refractivity contribution in [2.24, 2.45) is 0 Å². The molecule has 140 valence electrons. The number of carbonyl (C=O) groups is 1. The van der Waals surface area contributed by atoms with Gasteiger partial charge in [0.1, 0.15) is 0 Å². The van der Waals surface area contributed by atoms with Gasteiger partial charge in [0.05, 0.1) is 17.1 Å². The van der Waals surface area contributed by atoms with Gasteiger partial charge in [-0.1, -0.05) is 0 Å². The number of aryl methyl sites for hydroxylation is 2. The average molecular weight is 376 g/mol. The van der Waals surface area contributed by atoms with Crippen molar-refractivity contribution in [1.82, 2.24) is 9.29 Å². The van der Waals surface area contributed by atoms with Crippen molar-refractivity contribution in [3.05, 3.63) is 58.9 Å². The van der Waals surface area contributed by atoms with Crippen LogP contribution in [0.4, 0.5) is 0 Å².